The fourth-order valence-corrected chi connectivity index (χ4v) is 1.24. The van der Waals surface area contributed by atoms with E-state index >= 15 is 0 Å². The Morgan fingerprint density at radius 2 is 2.00 bits per heavy atom. The summed E-state index contributed by atoms with van der Waals surface area (Å²) >= 11 is 0. The van der Waals surface area contributed by atoms with Crippen LogP contribution >= 0.6 is 0 Å². The molecule has 0 aliphatic carbocycles. The second-order valence-corrected chi connectivity index (χ2v) is 3.37. The Morgan fingerprint density at radius 1 is 1.35 bits per heavy atom. The SMILES string of the molecule is N[C@H](C(=O)NC/C=C/C(=O)O)c1ccccc1. The summed E-state index contributed by atoms with van der Waals surface area (Å²) in [6.45, 7) is 0.145. The highest BCUT2D eigenvalue weighted by molar-refractivity contribution is 5.83. The molecule has 17 heavy (non-hydrogen) atoms. The molecule has 0 heterocycles. The lowest BCUT2D eigenvalue weighted by Crippen LogP contribution is -2.34. The first-order chi connectivity index (χ1) is 8.11. The van der Waals surface area contributed by atoms with Crippen molar-refractivity contribution in [2.75, 3.05) is 6.54 Å². The minimum absolute atomic E-state index is 0.145. The molecule has 0 saturated heterocycles. The number of nitrogens with one attached hydrogen (secondary N) is 1. The van der Waals surface area contributed by atoms with Gasteiger partial charge in [-0.25, -0.2) is 4.79 Å². The Morgan fingerprint density at radius 3 is 2.59 bits per heavy atom. The van der Waals surface area contributed by atoms with Crippen LogP contribution in [0.15, 0.2) is 42.5 Å². The monoisotopic (exact) mass is 234 g/mol. The van der Waals surface area contributed by atoms with Gasteiger partial charge in [0.25, 0.3) is 0 Å². The average Bonchev–Trinajstić information content (AvgIpc) is 2.34. The van der Waals surface area contributed by atoms with Crippen LogP contribution in [0.4, 0.5) is 0 Å². The number of benzene rings is 1. The third-order valence-electron chi connectivity index (χ3n) is 2.10. The fourth-order valence-electron chi connectivity index (χ4n) is 1.24. The van der Waals surface area contributed by atoms with Crippen LogP contribution in [0.1, 0.15) is 11.6 Å². The van der Waals surface area contributed by atoms with Crippen molar-refractivity contribution in [1.82, 2.24) is 5.32 Å². The van der Waals surface area contributed by atoms with Gasteiger partial charge in [0.05, 0.1) is 0 Å². The van der Waals surface area contributed by atoms with Crippen molar-refractivity contribution >= 4 is 11.9 Å². The van der Waals surface area contributed by atoms with E-state index in [0.29, 0.717) is 5.56 Å². The van der Waals surface area contributed by atoms with E-state index in [0.717, 1.165) is 6.08 Å². The lowest BCUT2D eigenvalue weighted by Gasteiger charge is -2.11. The van der Waals surface area contributed by atoms with Gasteiger partial charge in [0, 0.05) is 12.6 Å². The van der Waals surface area contributed by atoms with Gasteiger partial charge >= 0.3 is 5.97 Å². The number of aliphatic carboxylic acids is 1. The van der Waals surface area contributed by atoms with Gasteiger partial charge in [0.1, 0.15) is 6.04 Å². The number of hydrogen-bond donors (Lipinski definition) is 3. The second-order valence-electron chi connectivity index (χ2n) is 3.37. The van der Waals surface area contributed by atoms with Crippen molar-refractivity contribution in [3.05, 3.63) is 48.0 Å². The molecule has 1 aromatic rings. The van der Waals surface area contributed by atoms with Crippen LogP contribution in [-0.4, -0.2) is 23.5 Å². The molecule has 0 aromatic heterocycles. The number of carbonyl (C=O) groups is 2. The number of carboxylic acids is 1. The van der Waals surface area contributed by atoms with E-state index in [1.807, 2.05) is 6.07 Å². The van der Waals surface area contributed by atoms with Crippen molar-refractivity contribution in [3.8, 4) is 0 Å². The zero-order valence-electron chi connectivity index (χ0n) is 9.17. The highest BCUT2D eigenvalue weighted by Crippen LogP contribution is 2.08. The maximum Gasteiger partial charge on any atom is 0.328 e. The molecule has 0 saturated carbocycles. The summed E-state index contributed by atoms with van der Waals surface area (Å²) in [5.74, 6) is -1.39. The first-order valence-electron chi connectivity index (χ1n) is 5.09. The lowest BCUT2D eigenvalue weighted by atomic mass is 10.1. The maximum absolute atomic E-state index is 11.6. The Hall–Kier alpha value is -2.14. The molecule has 0 bridgehead atoms. The van der Waals surface area contributed by atoms with Crippen molar-refractivity contribution in [2.45, 2.75) is 6.04 Å². The minimum atomic E-state index is -1.05. The molecular weight excluding hydrogens is 220 g/mol. The van der Waals surface area contributed by atoms with Crippen LogP contribution < -0.4 is 11.1 Å². The third kappa shape index (κ3) is 4.48. The van der Waals surface area contributed by atoms with E-state index in [-0.39, 0.29) is 12.5 Å². The smallest absolute Gasteiger partial charge is 0.328 e. The molecule has 90 valence electrons. The molecule has 5 nitrogen and oxygen atoms in total. The number of carboxylic acid groups (broad SMARTS) is 1. The van der Waals surface area contributed by atoms with E-state index < -0.39 is 12.0 Å². The fraction of sp³-hybridized carbons (Fsp3) is 0.167. The predicted octanol–water partition coefficient (Wildman–Crippen LogP) is 0.443. The molecule has 1 rings (SSSR count). The molecule has 1 aromatic carbocycles. The summed E-state index contributed by atoms with van der Waals surface area (Å²) in [4.78, 5) is 21.7. The summed E-state index contributed by atoms with van der Waals surface area (Å²) in [6, 6.07) is 8.22. The summed E-state index contributed by atoms with van der Waals surface area (Å²) < 4.78 is 0. The van der Waals surface area contributed by atoms with Gasteiger partial charge in [-0.3, -0.25) is 4.79 Å². The largest absolute Gasteiger partial charge is 0.478 e. The first-order valence-corrected chi connectivity index (χ1v) is 5.09. The van der Waals surface area contributed by atoms with Crippen molar-refractivity contribution in [3.63, 3.8) is 0 Å². The van der Waals surface area contributed by atoms with Crippen LogP contribution in [0, 0.1) is 0 Å². The summed E-state index contributed by atoms with van der Waals surface area (Å²) in [5.41, 5.74) is 6.44. The van der Waals surface area contributed by atoms with Gasteiger partial charge in [-0.05, 0) is 5.56 Å². The zero-order chi connectivity index (χ0) is 12.7. The number of rotatable bonds is 5. The molecule has 4 N–H and O–H groups in total. The van der Waals surface area contributed by atoms with Gasteiger partial charge in [-0.2, -0.15) is 0 Å². The van der Waals surface area contributed by atoms with Crippen LogP contribution in [-0.2, 0) is 9.59 Å². The Bertz CT molecular complexity index is 415. The number of amides is 1. The predicted molar refractivity (Wildman–Crippen MR) is 63.2 cm³/mol. The molecule has 1 amide bonds. The molecule has 5 heteroatoms. The molecule has 0 aliphatic heterocycles. The van der Waals surface area contributed by atoms with Crippen molar-refractivity contribution in [2.24, 2.45) is 5.73 Å². The first kappa shape index (κ1) is 12.9. The molecule has 0 aliphatic rings. The van der Waals surface area contributed by atoms with Crippen LogP contribution in [0.5, 0.6) is 0 Å². The number of hydrogen-bond acceptors (Lipinski definition) is 3. The molecular formula is C12H14N2O3. The van der Waals surface area contributed by atoms with E-state index in [2.05, 4.69) is 5.32 Å². The maximum atomic E-state index is 11.6. The second kappa shape index (κ2) is 6.44. The van der Waals surface area contributed by atoms with E-state index in [1.165, 1.54) is 6.08 Å². The van der Waals surface area contributed by atoms with E-state index in [9.17, 15) is 9.59 Å². The topological polar surface area (TPSA) is 92.4 Å². The quantitative estimate of drug-likeness (QED) is 0.645. The van der Waals surface area contributed by atoms with Gasteiger partial charge < -0.3 is 16.2 Å². The highest BCUT2D eigenvalue weighted by Gasteiger charge is 2.13. The van der Waals surface area contributed by atoms with E-state index in [4.69, 9.17) is 10.8 Å². The van der Waals surface area contributed by atoms with Crippen molar-refractivity contribution < 1.29 is 14.7 Å². The standard InChI is InChI=1S/C12H14N2O3/c13-11(9-5-2-1-3-6-9)12(17)14-8-4-7-10(15)16/h1-7,11H,8,13H2,(H,14,17)(H,15,16)/b7-4+/t11-/m0/s1. The Labute approximate surface area is 98.9 Å². The Balaban J connectivity index is 2.46. The molecule has 1 atom stereocenters. The summed E-state index contributed by atoms with van der Waals surface area (Å²) in [6.07, 6.45) is 2.31. The third-order valence-corrected chi connectivity index (χ3v) is 2.10. The van der Waals surface area contributed by atoms with Gasteiger partial charge in [0.15, 0.2) is 0 Å². The molecule has 0 unspecified atom stereocenters. The van der Waals surface area contributed by atoms with Crippen molar-refractivity contribution in [1.29, 1.82) is 0 Å². The Kier molecular flexibility index (Phi) is 4.90. The van der Waals surface area contributed by atoms with Crippen LogP contribution in [0.2, 0.25) is 0 Å². The number of carbonyl (C=O) groups excluding carboxylic acids is 1. The minimum Gasteiger partial charge on any atom is -0.478 e. The van der Waals surface area contributed by atoms with Gasteiger partial charge in [-0.1, -0.05) is 36.4 Å². The van der Waals surface area contributed by atoms with Crippen LogP contribution in [0.3, 0.4) is 0 Å². The highest BCUT2D eigenvalue weighted by atomic mass is 16.4. The van der Waals surface area contributed by atoms with Gasteiger partial charge in [-0.15, -0.1) is 0 Å². The van der Waals surface area contributed by atoms with E-state index in [1.54, 1.807) is 24.3 Å². The average molecular weight is 234 g/mol. The molecule has 0 radical (unpaired) electrons. The molecule has 0 fully saturated rings. The summed E-state index contributed by atoms with van der Waals surface area (Å²) in [7, 11) is 0. The van der Waals surface area contributed by atoms with Crippen LogP contribution in [0.25, 0.3) is 0 Å². The zero-order valence-corrected chi connectivity index (χ0v) is 9.17. The normalized spacial score (nSPS) is 12.3. The summed E-state index contributed by atoms with van der Waals surface area (Å²) in [5, 5.41) is 10.9. The van der Waals surface area contributed by atoms with Gasteiger partial charge in [0.2, 0.25) is 5.91 Å². The lowest BCUT2D eigenvalue weighted by molar-refractivity contribution is -0.131. The number of nitrogens with two attached hydrogens (primary N) is 1. The molecule has 0 spiro atoms.